The van der Waals surface area contributed by atoms with Gasteiger partial charge in [-0.25, -0.2) is 0 Å². The number of rotatable bonds is 3. The molecule has 4 fully saturated rings. The van der Waals surface area contributed by atoms with Crippen LogP contribution in [0.1, 0.15) is 52.4 Å². The Morgan fingerprint density at radius 2 is 1.95 bits per heavy atom. The van der Waals surface area contributed by atoms with Crippen LogP contribution in [0, 0.1) is 17.8 Å². The topological polar surface area (TPSA) is 46.5 Å². The molecular weight excluding hydrogens is 355 g/mol. The van der Waals surface area contributed by atoms with Gasteiger partial charge in [-0.15, -0.1) is 0 Å². The van der Waals surface area contributed by atoms with E-state index in [9.17, 15) is 9.90 Å². The van der Waals surface area contributed by atoms with Gasteiger partial charge in [-0.2, -0.15) is 0 Å². The third-order valence-corrected chi connectivity index (χ3v) is 7.11. The molecule has 0 aromatic carbocycles. The number of hydrogen-bond donors (Lipinski definition) is 1. The lowest BCUT2D eigenvalue weighted by Crippen LogP contribution is -2.63. The Bertz CT molecular complexity index is 375. The van der Waals surface area contributed by atoms with Gasteiger partial charge >= 0.3 is 5.97 Å². The summed E-state index contributed by atoms with van der Waals surface area (Å²) in [7, 11) is 0. The van der Waals surface area contributed by atoms with E-state index in [-0.39, 0.29) is 15.5 Å². The monoisotopic (exact) mass is 378 g/mol. The maximum Gasteiger partial charge on any atom is 0.319 e. The van der Waals surface area contributed by atoms with Gasteiger partial charge in [0.15, 0.2) is 0 Å². The van der Waals surface area contributed by atoms with Crippen LogP contribution >= 0.6 is 22.6 Å². The molecule has 3 atom stereocenters. The van der Waals surface area contributed by atoms with Crippen LogP contribution in [0.2, 0.25) is 0 Å². The molecule has 1 N–H and O–H groups in total. The summed E-state index contributed by atoms with van der Waals surface area (Å²) in [4.78, 5) is 12.1. The normalized spacial score (nSPS) is 49.2. The van der Waals surface area contributed by atoms with E-state index in [1.165, 1.54) is 0 Å². The molecule has 0 spiro atoms. The third kappa shape index (κ3) is 2.23. The van der Waals surface area contributed by atoms with Crippen molar-refractivity contribution < 1.29 is 14.6 Å². The zero-order valence-corrected chi connectivity index (χ0v) is 13.9. The van der Waals surface area contributed by atoms with E-state index in [0.29, 0.717) is 17.8 Å². The van der Waals surface area contributed by atoms with Crippen LogP contribution in [-0.2, 0) is 9.53 Å². The number of ether oxygens (including phenoxy) is 1. The quantitative estimate of drug-likeness (QED) is 0.467. The van der Waals surface area contributed by atoms with Crippen molar-refractivity contribution in [3.8, 4) is 0 Å². The molecule has 4 aliphatic carbocycles. The van der Waals surface area contributed by atoms with E-state index >= 15 is 0 Å². The molecule has 0 aromatic heterocycles. The second-order valence-corrected chi connectivity index (χ2v) is 8.55. The predicted molar refractivity (Wildman–Crippen MR) is 81.1 cm³/mol. The summed E-state index contributed by atoms with van der Waals surface area (Å²) >= 11 is 2.17. The highest BCUT2D eigenvalue weighted by atomic mass is 127. The predicted octanol–water partition coefficient (Wildman–Crippen LogP) is 3.07. The molecule has 0 radical (unpaired) electrons. The van der Waals surface area contributed by atoms with Crippen LogP contribution in [0.15, 0.2) is 0 Å². The number of carbonyl (C=O) groups excluding carboxylic acids is 1. The molecule has 4 saturated carbocycles. The Balaban J connectivity index is 1.78. The molecule has 4 bridgehead atoms. The first kappa shape index (κ1) is 14.1. The molecule has 3 nitrogen and oxygen atoms in total. The molecule has 0 aliphatic heterocycles. The Labute approximate surface area is 128 Å². The van der Waals surface area contributed by atoms with Gasteiger partial charge < -0.3 is 9.84 Å². The minimum Gasteiger partial charge on any atom is -0.458 e. The first-order chi connectivity index (χ1) is 8.86. The van der Waals surface area contributed by atoms with Crippen molar-refractivity contribution in [2.75, 3.05) is 0 Å². The maximum absolute atomic E-state index is 12.1. The molecule has 19 heavy (non-hydrogen) atoms. The number of halogens is 1. The fourth-order valence-electron chi connectivity index (χ4n) is 4.70. The van der Waals surface area contributed by atoms with E-state index < -0.39 is 5.60 Å². The fourth-order valence-corrected chi connectivity index (χ4v) is 4.83. The Kier molecular flexibility index (Phi) is 3.40. The van der Waals surface area contributed by atoms with Crippen molar-refractivity contribution in [3.63, 3.8) is 0 Å². The van der Waals surface area contributed by atoms with Crippen LogP contribution in [-0.4, -0.2) is 26.2 Å². The van der Waals surface area contributed by atoms with Crippen LogP contribution in [0.25, 0.3) is 0 Å². The van der Waals surface area contributed by atoms with E-state index in [1.54, 1.807) is 0 Å². The highest BCUT2D eigenvalue weighted by molar-refractivity contribution is 14.1. The summed E-state index contributed by atoms with van der Waals surface area (Å²) in [5.41, 5.74) is -0.796. The van der Waals surface area contributed by atoms with Gasteiger partial charge in [-0.1, -0.05) is 29.5 Å². The summed E-state index contributed by atoms with van der Waals surface area (Å²) < 4.78 is 5.90. The third-order valence-electron chi connectivity index (χ3n) is 5.72. The first-order valence-electron chi connectivity index (χ1n) is 7.45. The highest BCUT2D eigenvalue weighted by Gasteiger charge is 2.61. The Morgan fingerprint density at radius 3 is 2.47 bits per heavy atom. The Hall–Kier alpha value is 0.160. The summed E-state index contributed by atoms with van der Waals surface area (Å²) in [6.45, 7) is 4.01. The fraction of sp³-hybridized carbons (Fsp3) is 0.933. The molecule has 3 unspecified atom stereocenters. The van der Waals surface area contributed by atoms with Gasteiger partial charge in [0.25, 0.3) is 0 Å². The lowest BCUT2D eigenvalue weighted by molar-refractivity contribution is -0.232. The molecule has 0 saturated heterocycles. The molecule has 108 valence electrons. The van der Waals surface area contributed by atoms with Gasteiger partial charge in [0, 0.05) is 0 Å². The lowest BCUT2D eigenvalue weighted by Gasteiger charge is -2.61. The van der Waals surface area contributed by atoms with Crippen molar-refractivity contribution in [2.45, 2.75) is 67.5 Å². The summed E-state index contributed by atoms with van der Waals surface area (Å²) in [5.74, 6) is 1.24. The average Bonchev–Trinajstić information content (AvgIpc) is 2.34. The maximum atomic E-state index is 12.1. The molecule has 0 aromatic rings. The van der Waals surface area contributed by atoms with Gasteiger partial charge in [0.2, 0.25) is 0 Å². The SMILES string of the molecule is CCC(I)C(=O)OC12CC3CC(C1)C(C)(O)C(C3)C2. The van der Waals surface area contributed by atoms with Crippen molar-refractivity contribution >= 4 is 28.6 Å². The highest BCUT2D eigenvalue weighted by Crippen LogP contribution is 2.61. The smallest absolute Gasteiger partial charge is 0.319 e. The van der Waals surface area contributed by atoms with E-state index in [1.807, 2.05) is 13.8 Å². The van der Waals surface area contributed by atoms with E-state index in [0.717, 1.165) is 38.5 Å². The van der Waals surface area contributed by atoms with Gasteiger partial charge in [-0.3, -0.25) is 4.79 Å². The van der Waals surface area contributed by atoms with Gasteiger partial charge in [0.1, 0.15) is 9.53 Å². The first-order valence-corrected chi connectivity index (χ1v) is 8.70. The molecule has 0 amide bonds. The second-order valence-electron chi connectivity index (χ2n) is 7.05. The summed E-state index contributed by atoms with van der Waals surface area (Å²) in [6.07, 6.45) is 5.81. The number of esters is 1. The standard InChI is InChI=1S/C15H23IO3/c1-3-12(16)13(17)19-15-6-9-4-10(7-15)14(2,18)11(5-9)8-15/h9-12,18H,3-8H2,1-2H3. The minimum absolute atomic E-state index is 0.0360. The molecule has 0 heterocycles. The van der Waals surface area contributed by atoms with Crippen molar-refractivity contribution in [3.05, 3.63) is 0 Å². The van der Waals surface area contributed by atoms with Crippen molar-refractivity contribution in [1.29, 1.82) is 0 Å². The zero-order chi connectivity index (χ0) is 13.8. The average molecular weight is 378 g/mol. The van der Waals surface area contributed by atoms with Crippen LogP contribution in [0.4, 0.5) is 0 Å². The van der Waals surface area contributed by atoms with Gasteiger partial charge in [-0.05, 0) is 63.2 Å². The van der Waals surface area contributed by atoms with E-state index in [2.05, 4.69) is 22.6 Å². The largest absolute Gasteiger partial charge is 0.458 e. The molecular formula is C15H23IO3. The molecule has 4 aliphatic rings. The van der Waals surface area contributed by atoms with Crippen molar-refractivity contribution in [1.82, 2.24) is 0 Å². The van der Waals surface area contributed by atoms with Crippen LogP contribution < -0.4 is 0 Å². The van der Waals surface area contributed by atoms with Crippen LogP contribution in [0.5, 0.6) is 0 Å². The van der Waals surface area contributed by atoms with Crippen molar-refractivity contribution in [2.24, 2.45) is 17.8 Å². The summed E-state index contributed by atoms with van der Waals surface area (Å²) in [5, 5.41) is 10.7. The summed E-state index contributed by atoms with van der Waals surface area (Å²) in [6, 6.07) is 0. The number of carbonyl (C=O) groups is 1. The van der Waals surface area contributed by atoms with Gasteiger partial charge in [0.05, 0.1) is 5.60 Å². The van der Waals surface area contributed by atoms with Crippen LogP contribution in [0.3, 0.4) is 0 Å². The number of alkyl halides is 1. The molecule has 4 heteroatoms. The second kappa shape index (κ2) is 4.58. The zero-order valence-electron chi connectivity index (χ0n) is 11.7. The lowest BCUT2D eigenvalue weighted by atomic mass is 9.48. The molecule has 4 rings (SSSR count). The number of aliphatic hydroxyl groups is 1. The number of hydrogen-bond acceptors (Lipinski definition) is 3. The minimum atomic E-state index is -0.540. The van der Waals surface area contributed by atoms with E-state index in [4.69, 9.17) is 4.74 Å². The Morgan fingerprint density at radius 1 is 1.37 bits per heavy atom.